The molecule has 2 aromatic rings. The molecule has 1 amide bonds. The van der Waals surface area contributed by atoms with Gasteiger partial charge >= 0.3 is 0 Å². The van der Waals surface area contributed by atoms with Crippen molar-refractivity contribution >= 4 is 16.8 Å². The van der Waals surface area contributed by atoms with E-state index in [1.54, 1.807) is 7.05 Å². The van der Waals surface area contributed by atoms with Crippen molar-refractivity contribution in [2.75, 3.05) is 6.54 Å². The summed E-state index contributed by atoms with van der Waals surface area (Å²) in [6, 6.07) is 3.86. The minimum absolute atomic E-state index is 0.154. The fourth-order valence-corrected chi connectivity index (χ4v) is 2.06. The number of fused-ring (bicyclic) bond motifs is 1. The second-order valence-corrected chi connectivity index (χ2v) is 5.40. The van der Waals surface area contributed by atoms with Gasteiger partial charge in [-0.25, -0.2) is 4.39 Å². The lowest BCUT2D eigenvalue weighted by Gasteiger charge is -2.09. The summed E-state index contributed by atoms with van der Waals surface area (Å²) < 4.78 is 14.7. The zero-order valence-electron chi connectivity index (χ0n) is 12.3. The Kier molecular flexibility index (Phi) is 4.35. The molecular formula is C15H18FN3O2. The molecule has 0 saturated heterocycles. The molecule has 0 aliphatic carbocycles. The topological polar surface area (TPSA) is 64.0 Å². The van der Waals surface area contributed by atoms with Crippen molar-refractivity contribution in [1.29, 1.82) is 0 Å². The molecule has 0 unspecified atom stereocenters. The molecule has 21 heavy (non-hydrogen) atoms. The van der Waals surface area contributed by atoms with E-state index in [1.807, 2.05) is 13.8 Å². The number of hydrogen-bond donors (Lipinski definition) is 1. The van der Waals surface area contributed by atoms with Crippen LogP contribution in [0, 0.1) is 11.7 Å². The number of rotatable bonds is 4. The molecule has 1 aromatic heterocycles. The van der Waals surface area contributed by atoms with E-state index >= 15 is 0 Å². The number of halogens is 1. The van der Waals surface area contributed by atoms with E-state index < -0.39 is 17.2 Å². The first-order chi connectivity index (χ1) is 9.90. The van der Waals surface area contributed by atoms with Crippen LogP contribution in [0.2, 0.25) is 0 Å². The minimum atomic E-state index is -0.551. The predicted octanol–water partition coefficient (Wildman–Crippen LogP) is 1.85. The number of hydrogen-bond acceptors (Lipinski definition) is 3. The normalized spacial score (nSPS) is 11.1. The second kappa shape index (κ2) is 6.03. The van der Waals surface area contributed by atoms with Gasteiger partial charge in [-0.15, -0.1) is 0 Å². The van der Waals surface area contributed by atoms with Crippen LogP contribution in [0.15, 0.2) is 23.0 Å². The lowest BCUT2D eigenvalue weighted by atomic mass is 10.1. The molecule has 0 aliphatic heterocycles. The summed E-state index contributed by atoms with van der Waals surface area (Å²) in [5.41, 5.74) is -0.274. The van der Waals surface area contributed by atoms with Crippen LogP contribution in [-0.4, -0.2) is 22.2 Å². The Morgan fingerprint density at radius 1 is 1.43 bits per heavy atom. The molecule has 0 saturated carbocycles. The molecule has 2 rings (SSSR count). The van der Waals surface area contributed by atoms with Gasteiger partial charge in [-0.05, 0) is 30.5 Å². The molecule has 112 valence electrons. The summed E-state index contributed by atoms with van der Waals surface area (Å²) in [7, 11) is 1.62. The van der Waals surface area contributed by atoms with Crippen molar-refractivity contribution in [3.8, 4) is 0 Å². The molecule has 5 nitrogen and oxygen atoms in total. The van der Waals surface area contributed by atoms with Gasteiger partial charge in [-0.2, -0.15) is 5.10 Å². The molecule has 1 N–H and O–H groups in total. The third kappa shape index (κ3) is 3.26. The van der Waals surface area contributed by atoms with Crippen LogP contribution in [0.1, 0.15) is 30.8 Å². The first-order valence-electron chi connectivity index (χ1n) is 6.85. The quantitative estimate of drug-likeness (QED) is 0.935. The first-order valence-corrected chi connectivity index (χ1v) is 6.85. The maximum atomic E-state index is 13.3. The van der Waals surface area contributed by atoms with Crippen molar-refractivity contribution in [2.45, 2.75) is 20.3 Å². The van der Waals surface area contributed by atoms with Crippen molar-refractivity contribution in [3.05, 3.63) is 39.9 Å². The van der Waals surface area contributed by atoms with E-state index in [9.17, 15) is 14.0 Å². The van der Waals surface area contributed by atoms with Crippen LogP contribution in [0.4, 0.5) is 4.39 Å². The summed E-state index contributed by atoms with van der Waals surface area (Å²) in [4.78, 5) is 24.3. The molecule has 1 heterocycles. The van der Waals surface area contributed by atoms with Crippen LogP contribution in [0.3, 0.4) is 0 Å². The molecule has 0 bridgehead atoms. The SMILES string of the molecule is CC(C)CCNC(=O)c1nn(C)c2ccc(F)cc2c1=O. The number of aromatic nitrogens is 2. The highest BCUT2D eigenvalue weighted by atomic mass is 19.1. The molecule has 1 aromatic carbocycles. The van der Waals surface area contributed by atoms with Gasteiger partial charge in [-0.1, -0.05) is 13.8 Å². The zero-order valence-corrected chi connectivity index (χ0v) is 12.3. The second-order valence-electron chi connectivity index (χ2n) is 5.40. The Morgan fingerprint density at radius 3 is 2.81 bits per heavy atom. The first kappa shape index (κ1) is 15.2. The van der Waals surface area contributed by atoms with Gasteiger partial charge < -0.3 is 5.32 Å². The van der Waals surface area contributed by atoms with E-state index in [2.05, 4.69) is 10.4 Å². The van der Waals surface area contributed by atoms with Crippen molar-refractivity contribution in [3.63, 3.8) is 0 Å². The molecule has 0 atom stereocenters. The molecule has 0 spiro atoms. The van der Waals surface area contributed by atoms with Crippen LogP contribution in [-0.2, 0) is 7.05 Å². The number of nitrogens with one attached hydrogen (secondary N) is 1. The third-order valence-corrected chi connectivity index (χ3v) is 3.24. The predicted molar refractivity (Wildman–Crippen MR) is 78.7 cm³/mol. The van der Waals surface area contributed by atoms with Crippen LogP contribution in [0.5, 0.6) is 0 Å². The van der Waals surface area contributed by atoms with Crippen molar-refractivity contribution in [1.82, 2.24) is 15.1 Å². The minimum Gasteiger partial charge on any atom is -0.351 e. The number of carbonyl (C=O) groups is 1. The standard InChI is InChI=1S/C15H18FN3O2/c1-9(2)6-7-17-15(21)13-14(20)11-8-10(16)4-5-12(11)19(3)18-13/h4-5,8-9H,6-7H2,1-3H3,(H,17,21). The van der Waals surface area contributed by atoms with Gasteiger partial charge in [0.05, 0.1) is 10.9 Å². The summed E-state index contributed by atoms with van der Waals surface area (Å²) in [6.45, 7) is 4.56. The summed E-state index contributed by atoms with van der Waals surface area (Å²) >= 11 is 0. The number of nitrogens with zero attached hydrogens (tertiary/aromatic N) is 2. The molecule has 6 heteroatoms. The fraction of sp³-hybridized carbons (Fsp3) is 0.400. The fourth-order valence-electron chi connectivity index (χ4n) is 2.06. The average Bonchev–Trinajstić information content (AvgIpc) is 2.42. The largest absolute Gasteiger partial charge is 0.351 e. The molecular weight excluding hydrogens is 273 g/mol. The Bertz CT molecular complexity index is 738. The number of amides is 1. The lowest BCUT2D eigenvalue weighted by molar-refractivity contribution is 0.0944. The van der Waals surface area contributed by atoms with E-state index in [1.165, 1.54) is 16.8 Å². The third-order valence-electron chi connectivity index (χ3n) is 3.24. The molecule has 0 radical (unpaired) electrons. The van der Waals surface area contributed by atoms with E-state index in [4.69, 9.17) is 0 Å². The average molecular weight is 291 g/mol. The number of benzene rings is 1. The van der Waals surface area contributed by atoms with E-state index in [-0.39, 0.29) is 11.1 Å². The van der Waals surface area contributed by atoms with Gasteiger partial charge in [0.25, 0.3) is 5.91 Å². The molecule has 0 aliphatic rings. The van der Waals surface area contributed by atoms with Gasteiger partial charge in [0, 0.05) is 13.6 Å². The number of carbonyl (C=O) groups excluding carboxylic acids is 1. The smallest absolute Gasteiger partial charge is 0.275 e. The zero-order chi connectivity index (χ0) is 15.6. The van der Waals surface area contributed by atoms with Crippen molar-refractivity contribution in [2.24, 2.45) is 13.0 Å². The summed E-state index contributed by atoms with van der Waals surface area (Å²) in [6.07, 6.45) is 0.814. The van der Waals surface area contributed by atoms with Crippen LogP contribution >= 0.6 is 0 Å². The molecule has 0 fully saturated rings. The van der Waals surface area contributed by atoms with Crippen LogP contribution < -0.4 is 10.7 Å². The maximum Gasteiger partial charge on any atom is 0.275 e. The lowest BCUT2D eigenvalue weighted by Crippen LogP contribution is -2.32. The monoisotopic (exact) mass is 291 g/mol. The maximum absolute atomic E-state index is 13.3. The Morgan fingerprint density at radius 2 is 2.14 bits per heavy atom. The van der Waals surface area contributed by atoms with Gasteiger partial charge in [0.2, 0.25) is 5.43 Å². The van der Waals surface area contributed by atoms with Gasteiger partial charge in [-0.3, -0.25) is 14.3 Å². The number of aryl methyl sites for hydroxylation is 1. The summed E-state index contributed by atoms with van der Waals surface area (Å²) in [5, 5.41) is 6.82. The van der Waals surface area contributed by atoms with E-state index in [0.717, 1.165) is 12.5 Å². The Hall–Kier alpha value is -2.24. The highest BCUT2D eigenvalue weighted by molar-refractivity contribution is 5.95. The summed E-state index contributed by atoms with van der Waals surface area (Å²) in [5.74, 6) is -0.592. The van der Waals surface area contributed by atoms with E-state index in [0.29, 0.717) is 18.0 Å². The Labute approximate surface area is 121 Å². The van der Waals surface area contributed by atoms with Crippen LogP contribution in [0.25, 0.3) is 10.9 Å². The van der Waals surface area contributed by atoms with Crippen molar-refractivity contribution < 1.29 is 9.18 Å². The van der Waals surface area contributed by atoms with Gasteiger partial charge in [0.15, 0.2) is 5.69 Å². The Balaban J connectivity index is 2.38. The highest BCUT2D eigenvalue weighted by Gasteiger charge is 2.16. The van der Waals surface area contributed by atoms with Gasteiger partial charge in [0.1, 0.15) is 5.82 Å². The highest BCUT2D eigenvalue weighted by Crippen LogP contribution is 2.11.